The molecule has 39 heavy (non-hydrogen) atoms. The van der Waals surface area contributed by atoms with Gasteiger partial charge in [-0.15, -0.1) is 0 Å². The van der Waals surface area contributed by atoms with Gasteiger partial charge in [0.2, 0.25) is 11.8 Å². The number of amides is 2. The number of benzene rings is 3. The SMILES string of the molecule is CC[C@@H](C)NC(=O)[C@@H](CC)N(Cc1ccc(F)cc1)C(=O)CN(c1ccc(C)cc1)S(=O)(=O)c1ccccc1. The van der Waals surface area contributed by atoms with Gasteiger partial charge in [0.15, 0.2) is 0 Å². The van der Waals surface area contributed by atoms with Gasteiger partial charge in [-0.1, -0.05) is 61.9 Å². The van der Waals surface area contributed by atoms with E-state index in [-0.39, 0.29) is 23.4 Å². The highest BCUT2D eigenvalue weighted by Crippen LogP contribution is 2.25. The number of hydrogen-bond acceptors (Lipinski definition) is 4. The normalized spacial score (nSPS) is 12.8. The highest BCUT2D eigenvalue weighted by atomic mass is 32.2. The molecule has 0 aliphatic rings. The Hall–Kier alpha value is -3.72. The van der Waals surface area contributed by atoms with Crippen molar-refractivity contribution in [3.05, 3.63) is 95.8 Å². The van der Waals surface area contributed by atoms with Gasteiger partial charge in [-0.3, -0.25) is 13.9 Å². The molecule has 0 saturated carbocycles. The Bertz CT molecular complexity index is 1350. The van der Waals surface area contributed by atoms with Gasteiger partial charge in [0.1, 0.15) is 18.4 Å². The van der Waals surface area contributed by atoms with E-state index in [0.717, 1.165) is 9.87 Å². The fourth-order valence-electron chi connectivity index (χ4n) is 4.11. The number of nitrogens with one attached hydrogen (secondary N) is 1. The molecule has 2 atom stereocenters. The number of anilines is 1. The molecule has 0 saturated heterocycles. The standard InChI is InChI=1S/C30H36FN3O4S/c1-5-23(4)32-30(36)28(6-2)33(20-24-14-16-25(31)17-15-24)29(35)21-34(26-18-12-22(3)13-19-26)39(37,38)27-10-8-7-9-11-27/h7-19,23,28H,5-6,20-21H2,1-4H3,(H,32,36)/t23-,28-/m1/s1. The molecule has 0 aliphatic heterocycles. The van der Waals surface area contributed by atoms with Gasteiger partial charge in [0.05, 0.1) is 10.6 Å². The van der Waals surface area contributed by atoms with E-state index in [2.05, 4.69) is 5.32 Å². The quantitative estimate of drug-likeness (QED) is 0.340. The zero-order chi connectivity index (χ0) is 28.6. The monoisotopic (exact) mass is 553 g/mol. The molecule has 3 rings (SSSR count). The minimum Gasteiger partial charge on any atom is -0.352 e. The summed E-state index contributed by atoms with van der Waals surface area (Å²) in [5, 5.41) is 2.93. The van der Waals surface area contributed by atoms with Gasteiger partial charge in [0.25, 0.3) is 10.0 Å². The molecule has 0 heterocycles. The van der Waals surface area contributed by atoms with Crippen molar-refractivity contribution in [3.63, 3.8) is 0 Å². The summed E-state index contributed by atoms with van der Waals surface area (Å²) in [5.74, 6) is -1.29. The lowest BCUT2D eigenvalue weighted by atomic mass is 10.1. The summed E-state index contributed by atoms with van der Waals surface area (Å²) >= 11 is 0. The van der Waals surface area contributed by atoms with Crippen LogP contribution in [-0.4, -0.2) is 43.8 Å². The van der Waals surface area contributed by atoms with Crippen molar-refractivity contribution in [2.75, 3.05) is 10.8 Å². The minimum absolute atomic E-state index is 0.0126. The number of sulfonamides is 1. The van der Waals surface area contributed by atoms with E-state index < -0.39 is 34.3 Å². The summed E-state index contributed by atoms with van der Waals surface area (Å²) in [4.78, 5) is 28.6. The second-order valence-corrected chi connectivity index (χ2v) is 11.4. The van der Waals surface area contributed by atoms with Crippen molar-refractivity contribution in [2.45, 2.75) is 64.1 Å². The van der Waals surface area contributed by atoms with E-state index in [4.69, 9.17) is 0 Å². The van der Waals surface area contributed by atoms with Crippen molar-refractivity contribution in [2.24, 2.45) is 0 Å². The van der Waals surface area contributed by atoms with Gasteiger partial charge in [0, 0.05) is 12.6 Å². The largest absolute Gasteiger partial charge is 0.352 e. The molecular weight excluding hydrogens is 517 g/mol. The molecule has 208 valence electrons. The average molecular weight is 554 g/mol. The summed E-state index contributed by atoms with van der Waals surface area (Å²) < 4.78 is 42.2. The van der Waals surface area contributed by atoms with Crippen molar-refractivity contribution in [1.82, 2.24) is 10.2 Å². The predicted molar refractivity (Wildman–Crippen MR) is 151 cm³/mol. The van der Waals surface area contributed by atoms with Crippen LogP contribution in [-0.2, 0) is 26.2 Å². The number of halogens is 1. The number of aryl methyl sites for hydroxylation is 1. The molecule has 3 aromatic rings. The van der Waals surface area contributed by atoms with Gasteiger partial charge in [-0.25, -0.2) is 12.8 Å². The number of hydrogen-bond donors (Lipinski definition) is 1. The Labute approximate surface area is 230 Å². The van der Waals surface area contributed by atoms with E-state index >= 15 is 0 Å². The fraction of sp³-hybridized carbons (Fsp3) is 0.333. The third-order valence-electron chi connectivity index (χ3n) is 6.59. The molecular formula is C30H36FN3O4S. The van der Waals surface area contributed by atoms with Crippen LogP contribution < -0.4 is 9.62 Å². The first-order chi connectivity index (χ1) is 18.6. The lowest BCUT2D eigenvalue weighted by Gasteiger charge is -2.33. The molecule has 2 amide bonds. The Morgan fingerprint density at radius 3 is 2.08 bits per heavy atom. The van der Waals surface area contributed by atoms with Crippen LogP contribution in [0.5, 0.6) is 0 Å². The van der Waals surface area contributed by atoms with Crippen LogP contribution in [0.1, 0.15) is 44.7 Å². The maximum atomic E-state index is 14.0. The highest BCUT2D eigenvalue weighted by Gasteiger charge is 2.33. The van der Waals surface area contributed by atoms with E-state index in [1.807, 2.05) is 20.8 Å². The number of carbonyl (C=O) groups excluding carboxylic acids is 2. The number of carbonyl (C=O) groups is 2. The molecule has 7 nitrogen and oxygen atoms in total. The molecule has 0 bridgehead atoms. The van der Waals surface area contributed by atoms with Crippen molar-refractivity contribution >= 4 is 27.5 Å². The second-order valence-electron chi connectivity index (χ2n) is 9.55. The minimum atomic E-state index is -4.11. The fourth-order valence-corrected chi connectivity index (χ4v) is 5.54. The second kappa shape index (κ2) is 13.4. The van der Waals surface area contributed by atoms with Gasteiger partial charge >= 0.3 is 0 Å². The molecule has 0 radical (unpaired) electrons. The molecule has 9 heteroatoms. The van der Waals surface area contributed by atoms with Crippen LogP contribution in [0, 0.1) is 12.7 Å². The van der Waals surface area contributed by atoms with Crippen LogP contribution in [0.2, 0.25) is 0 Å². The lowest BCUT2D eigenvalue weighted by molar-refractivity contribution is -0.140. The first-order valence-electron chi connectivity index (χ1n) is 13.1. The van der Waals surface area contributed by atoms with Gasteiger partial charge < -0.3 is 10.2 Å². The number of rotatable bonds is 12. The molecule has 0 unspecified atom stereocenters. The molecule has 1 N–H and O–H groups in total. The van der Waals surface area contributed by atoms with E-state index in [0.29, 0.717) is 24.1 Å². The molecule has 0 aromatic heterocycles. The maximum Gasteiger partial charge on any atom is 0.264 e. The Morgan fingerprint density at radius 2 is 1.51 bits per heavy atom. The third kappa shape index (κ3) is 7.66. The van der Waals surface area contributed by atoms with E-state index in [9.17, 15) is 22.4 Å². The van der Waals surface area contributed by atoms with Crippen molar-refractivity contribution in [1.29, 1.82) is 0 Å². The molecule has 0 spiro atoms. The predicted octanol–water partition coefficient (Wildman–Crippen LogP) is 5.05. The summed E-state index contributed by atoms with van der Waals surface area (Å²) in [7, 11) is -4.11. The van der Waals surface area contributed by atoms with Crippen LogP contribution in [0.25, 0.3) is 0 Å². The van der Waals surface area contributed by atoms with Crippen molar-refractivity contribution in [3.8, 4) is 0 Å². The average Bonchev–Trinajstić information content (AvgIpc) is 2.93. The topological polar surface area (TPSA) is 86.8 Å². The van der Waals surface area contributed by atoms with Crippen molar-refractivity contribution < 1.29 is 22.4 Å². The first kappa shape index (κ1) is 29.8. The molecule has 0 aliphatic carbocycles. The third-order valence-corrected chi connectivity index (χ3v) is 8.37. The molecule has 3 aromatic carbocycles. The van der Waals surface area contributed by atoms with Gasteiger partial charge in [-0.2, -0.15) is 0 Å². The maximum absolute atomic E-state index is 14.0. The smallest absolute Gasteiger partial charge is 0.264 e. The lowest BCUT2D eigenvalue weighted by Crippen LogP contribution is -2.53. The van der Waals surface area contributed by atoms with Crippen LogP contribution in [0.4, 0.5) is 10.1 Å². The van der Waals surface area contributed by atoms with E-state index in [1.54, 1.807) is 61.5 Å². The summed E-state index contributed by atoms with van der Waals surface area (Å²) in [6.07, 6.45) is 1.02. The van der Waals surface area contributed by atoms with Crippen LogP contribution in [0.3, 0.4) is 0 Å². The zero-order valence-electron chi connectivity index (χ0n) is 22.8. The Kier molecular flexibility index (Phi) is 10.2. The van der Waals surface area contributed by atoms with E-state index in [1.165, 1.54) is 29.2 Å². The first-order valence-corrected chi connectivity index (χ1v) is 14.5. The summed E-state index contributed by atoms with van der Waals surface area (Å²) in [6, 6.07) is 19.5. The zero-order valence-corrected chi connectivity index (χ0v) is 23.6. The van der Waals surface area contributed by atoms with Crippen LogP contribution in [0.15, 0.2) is 83.8 Å². The number of nitrogens with zero attached hydrogens (tertiary/aromatic N) is 2. The summed E-state index contributed by atoms with van der Waals surface area (Å²) in [5.41, 5.74) is 1.89. The van der Waals surface area contributed by atoms with Gasteiger partial charge in [-0.05, 0) is 68.7 Å². The molecule has 0 fully saturated rings. The van der Waals surface area contributed by atoms with Crippen LogP contribution >= 0.6 is 0 Å². The Balaban J connectivity index is 2.03. The highest BCUT2D eigenvalue weighted by molar-refractivity contribution is 7.92. The Morgan fingerprint density at radius 1 is 0.897 bits per heavy atom. The summed E-state index contributed by atoms with van der Waals surface area (Å²) in [6.45, 7) is 7.00.